The lowest BCUT2D eigenvalue weighted by Crippen LogP contribution is -2.64. The van der Waals surface area contributed by atoms with Crippen LogP contribution in [0.5, 0.6) is 0 Å². The number of likely N-dealkylation sites (tertiary alicyclic amines) is 2. The van der Waals surface area contributed by atoms with Gasteiger partial charge >= 0.3 is 0 Å². The molecule has 3 fully saturated rings. The molecule has 3 amide bonds. The van der Waals surface area contributed by atoms with E-state index < -0.39 is 11.3 Å². The Labute approximate surface area is 253 Å². The third-order valence-corrected chi connectivity index (χ3v) is 9.39. The number of nitrogens with zero attached hydrogens (tertiary/aromatic N) is 4. The van der Waals surface area contributed by atoms with E-state index in [-0.39, 0.29) is 35.2 Å². The van der Waals surface area contributed by atoms with Crippen molar-refractivity contribution in [2.24, 2.45) is 22.7 Å². The molecule has 9 nitrogen and oxygen atoms in total. The van der Waals surface area contributed by atoms with Gasteiger partial charge in [0.05, 0.1) is 36.9 Å². The molecule has 1 saturated carbocycles. The second-order valence-corrected chi connectivity index (χ2v) is 13.3. The monoisotopic (exact) mass is 583 g/mol. The van der Waals surface area contributed by atoms with Gasteiger partial charge in [0, 0.05) is 50.3 Å². The van der Waals surface area contributed by atoms with Gasteiger partial charge in [0.15, 0.2) is 0 Å². The van der Waals surface area contributed by atoms with Gasteiger partial charge in [-0.05, 0) is 29.9 Å². The fourth-order valence-corrected chi connectivity index (χ4v) is 6.54. The maximum Gasteiger partial charge on any atom is 0.257 e. The van der Waals surface area contributed by atoms with Gasteiger partial charge in [0.25, 0.3) is 5.91 Å². The maximum absolute atomic E-state index is 13.7. The standard InChI is InChI=1S/C34H41N5O4/c1-24(43-20-26-12-8-5-9-13-26)15-35-30(40)29-19-37(21-34(29)22-38(23-34)32(42)28-14-33(28,2)3)31(41)27-16-36-39(18-27)17-25-10-6-4-7-11-25/h4-13,16,18,24,28-29H,14-15,17,19-23H2,1-3H3,(H,35,40)/t24-,28-,29+/m1/s1. The van der Waals surface area contributed by atoms with E-state index >= 15 is 0 Å². The van der Waals surface area contributed by atoms with Gasteiger partial charge in [-0.3, -0.25) is 19.1 Å². The molecule has 3 aliphatic rings. The highest BCUT2D eigenvalue weighted by Gasteiger charge is 2.61. The first-order chi connectivity index (χ1) is 20.6. The topological polar surface area (TPSA) is 96.8 Å². The van der Waals surface area contributed by atoms with Crippen LogP contribution in [0.25, 0.3) is 0 Å². The molecule has 0 radical (unpaired) electrons. The Morgan fingerprint density at radius 1 is 0.953 bits per heavy atom. The van der Waals surface area contributed by atoms with E-state index in [1.54, 1.807) is 22.0 Å². The number of hydrogen-bond acceptors (Lipinski definition) is 5. The average Bonchev–Trinajstić information content (AvgIpc) is 3.31. The van der Waals surface area contributed by atoms with E-state index in [1.165, 1.54) is 0 Å². The van der Waals surface area contributed by atoms with Crippen molar-refractivity contribution >= 4 is 17.7 Å². The minimum Gasteiger partial charge on any atom is -0.372 e. The van der Waals surface area contributed by atoms with Crippen LogP contribution in [-0.4, -0.2) is 76.1 Å². The van der Waals surface area contributed by atoms with Crippen LogP contribution in [0.15, 0.2) is 73.1 Å². The molecule has 3 heterocycles. The minimum absolute atomic E-state index is 0.0457. The van der Waals surface area contributed by atoms with E-state index in [0.717, 1.165) is 17.5 Å². The fourth-order valence-electron chi connectivity index (χ4n) is 6.54. The highest BCUT2D eigenvalue weighted by Crippen LogP contribution is 2.54. The zero-order valence-corrected chi connectivity index (χ0v) is 25.2. The lowest BCUT2D eigenvalue weighted by molar-refractivity contribution is -0.151. The first-order valence-corrected chi connectivity index (χ1v) is 15.2. The molecule has 2 aromatic carbocycles. The summed E-state index contributed by atoms with van der Waals surface area (Å²) in [5.41, 5.74) is 2.27. The van der Waals surface area contributed by atoms with Crippen molar-refractivity contribution in [1.29, 1.82) is 0 Å². The quantitative estimate of drug-likeness (QED) is 0.394. The Kier molecular flexibility index (Phi) is 7.85. The first-order valence-electron chi connectivity index (χ1n) is 15.2. The Hall–Kier alpha value is -3.98. The van der Waals surface area contributed by atoms with Crippen molar-refractivity contribution < 1.29 is 19.1 Å². The van der Waals surface area contributed by atoms with Gasteiger partial charge in [-0.25, -0.2) is 0 Å². The summed E-state index contributed by atoms with van der Waals surface area (Å²) in [6.07, 6.45) is 4.10. The normalized spacial score (nSPS) is 22.2. The molecular weight excluding hydrogens is 542 g/mol. The summed E-state index contributed by atoms with van der Waals surface area (Å²) in [6, 6.07) is 19.9. The lowest BCUT2D eigenvalue weighted by Gasteiger charge is -2.50. The highest BCUT2D eigenvalue weighted by molar-refractivity contribution is 5.95. The molecular formula is C34H41N5O4. The number of hydrogen-bond donors (Lipinski definition) is 1. The number of carbonyl (C=O) groups excluding carboxylic acids is 3. The van der Waals surface area contributed by atoms with Crippen LogP contribution < -0.4 is 5.32 Å². The number of amides is 3. The SMILES string of the molecule is C[C@H](CNC(=O)[C@@H]1CN(C(=O)c2cnn(Cc3ccccc3)c2)CC12CN(C(=O)[C@H]1CC1(C)C)C2)OCc1ccccc1. The Morgan fingerprint density at radius 3 is 2.23 bits per heavy atom. The first kappa shape index (κ1) is 29.1. The van der Waals surface area contributed by atoms with Crippen LogP contribution in [0.3, 0.4) is 0 Å². The van der Waals surface area contributed by atoms with Gasteiger partial charge in [0.1, 0.15) is 0 Å². The molecule has 1 N–H and O–H groups in total. The van der Waals surface area contributed by atoms with Crippen LogP contribution in [0.4, 0.5) is 0 Å². The van der Waals surface area contributed by atoms with Crippen molar-refractivity contribution in [1.82, 2.24) is 24.9 Å². The molecule has 2 aliphatic heterocycles. The second-order valence-electron chi connectivity index (χ2n) is 13.3. The van der Waals surface area contributed by atoms with Crippen LogP contribution in [0, 0.1) is 22.7 Å². The zero-order chi connectivity index (χ0) is 30.2. The van der Waals surface area contributed by atoms with Crippen molar-refractivity contribution in [3.63, 3.8) is 0 Å². The third-order valence-electron chi connectivity index (χ3n) is 9.39. The molecule has 0 unspecified atom stereocenters. The highest BCUT2D eigenvalue weighted by atomic mass is 16.5. The average molecular weight is 584 g/mol. The minimum atomic E-state index is -0.456. The van der Waals surface area contributed by atoms with Gasteiger partial charge in [0.2, 0.25) is 11.8 Å². The second kappa shape index (κ2) is 11.6. The van der Waals surface area contributed by atoms with Crippen molar-refractivity contribution in [2.75, 3.05) is 32.7 Å². The number of aromatic nitrogens is 2. The van der Waals surface area contributed by atoms with Gasteiger partial charge in [-0.2, -0.15) is 5.10 Å². The van der Waals surface area contributed by atoms with Crippen LogP contribution in [0.2, 0.25) is 0 Å². The molecule has 9 heteroatoms. The van der Waals surface area contributed by atoms with Crippen molar-refractivity contribution in [2.45, 2.75) is 46.4 Å². The summed E-state index contributed by atoms with van der Waals surface area (Å²) in [4.78, 5) is 44.1. The Bertz CT molecular complexity index is 1460. The summed E-state index contributed by atoms with van der Waals surface area (Å²) < 4.78 is 7.72. The van der Waals surface area contributed by atoms with Crippen molar-refractivity contribution in [3.8, 4) is 0 Å². The number of benzene rings is 2. The van der Waals surface area contributed by atoms with E-state index in [1.807, 2.05) is 72.5 Å². The van der Waals surface area contributed by atoms with E-state index in [0.29, 0.717) is 51.4 Å². The van der Waals surface area contributed by atoms with Gasteiger partial charge in [-0.1, -0.05) is 74.5 Å². The Morgan fingerprint density at radius 2 is 1.58 bits per heavy atom. The van der Waals surface area contributed by atoms with E-state index in [4.69, 9.17) is 4.74 Å². The number of ether oxygens (including phenoxy) is 1. The Balaban J connectivity index is 1.11. The molecule has 3 atom stereocenters. The predicted octanol–water partition coefficient (Wildman–Crippen LogP) is 3.60. The van der Waals surface area contributed by atoms with E-state index in [2.05, 4.69) is 24.3 Å². The summed E-state index contributed by atoms with van der Waals surface area (Å²) in [5, 5.41) is 7.50. The molecule has 43 heavy (non-hydrogen) atoms. The third kappa shape index (κ3) is 6.22. The molecule has 1 aliphatic carbocycles. The summed E-state index contributed by atoms with van der Waals surface area (Å²) >= 11 is 0. The maximum atomic E-state index is 13.7. The molecule has 3 aromatic rings. The van der Waals surface area contributed by atoms with Crippen LogP contribution in [0.1, 0.15) is 48.7 Å². The molecule has 1 aromatic heterocycles. The molecule has 6 rings (SSSR count). The van der Waals surface area contributed by atoms with Crippen molar-refractivity contribution in [3.05, 3.63) is 89.7 Å². The zero-order valence-electron chi connectivity index (χ0n) is 25.2. The molecule has 0 bridgehead atoms. The summed E-state index contributed by atoms with van der Waals surface area (Å²) in [5.74, 6) is -0.418. The van der Waals surface area contributed by atoms with Crippen LogP contribution in [-0.2, 0) is 27.5 Å². The van der Waals surface area contributed by atoms with Gasteiger partial charge in [-0.15, -0.1) is 0 Å². The van der Waals surface area contributed by atoms with Crippen LogP contribution >= 0.6 is 0 Å². The number of carbonyl (C=O) groups is 3. The number of nitrogens with one attached hydrogen (secondary N) is 1. The lowest BCUT2D eigenvalue weighted by atomic mass is 9.71. The molecule has 1 spiro atoms. The molecule has 2 saturated heterocycles. The molecule has 226 valence electrons. The van der Waals surface area contributed by atoms with Gasteiger partial charge < -0.3 is 19.9 Å². The van der Waals surface area contributed by atoms with E-state index in [9.17, 15) is 14.4 Å². The number of rotatable bonds is 10. The summed E-state index contributed by atoms with van der Waals surface area (Å²) in [7, 11) is 0. The predicted molar refractivity (Wildman–Crippen MR) is 162 cm³/mol. The summed E-state index contributed by atoms with van der Waals surface area (Å²) in [6.45, 7) is 9.33. The largest absolute Gasteiger partial charge is 0.372 e. The fraction of sp³-hybridized carbons (Fsp3) is 0.471. The smallest absolute Gasteiger partial charge is 0.257 e.